The Balaban J connectivity index is 1.70. The number of ketones is 2. The second-order valence-electron chi connectivity index (χ2n) is 11.1. The van der Waals surface area contributed by atoms with Gasteiger partial charge in [0.25, 0.3) is 5.91 Å². The summed E-state index contributed by atoms with van der Waals surface area (Å²) >= 11 is 6.87. The van der Waals surface area contributed by atoms with Gasteiger partial charge in [0.15, 0.2) is 11.4 Å². The van der Waals surface area contributed by atoms with Gasteiger partial charge in [0.2, 0.25) is 5.78 Å². The van der Waals surface area contributed by atoms with Crippen molar-refractivity contribution in [2.45, 2.75) is 63.9 Å². The van der Waals surface area contributed by atoms with Crippen molar-refractivity contribution in [3.8, 4) is 5.75 Å². The zero-order valence-corrected chi connectivity index (χ0v) is 22.5. The third kappa shape index (κ3) is 3.33. The highest BCUT2D eigenvalue weighted by Crippen LogP contribution is 2.55. The fourth-order valence-corrected chi connectivity index (χ4v) is 7.15. The fourth-order valence-electron chi connectivity index (χ4n) is 6.81. The van der Waals surface area contributed by atoms with Gasteiger partial charge in [0.05, 0.1) is 11.6 Å². The lowest BCUT2D eigenvalue weighted by Gasteiger charge is -2.50. The fraction of sp³-hybridized carbons (Fsp3) is 0.519. The summed E-state index contributed by atoms with van der Waals surface area (Å²) in [5, 5.41) is 45.8. The lowest BCUT2D eigenvalue weighted by molar-refractivity contribution is -0.153. The van der Waals surface area contributed by atoms with Gasteiger partial charge in [-0.1, -0.05) is 18.5 Å². The summed E-state index contributed by atoms with van der Waals surface area (Å²) in [7, 11) is 3.13. The Kier molecular flexibility index (Phi) is 6.18. The van der Waals surface area contributed by atoms with E-state index in [-0.39, 0.29) is 35.8 Å². The molecule has 0 saturated heterocycles. The first-order chi connectivity index (χ1) is 17.8. The number of aromatic hydroxyl groups is 1. The van der Waals surface area contributed by atoms with E-state index in [1.165, 1.54) is 4.90 Å². The van der Waals surface area contributed by atoms with Crippen LogP contribution in [0.25, 0.3) is 5.76 Å². The Morgan fingerprint density at radius 2 is 1.82 bits per heavy atom. The molecule has 3 aliphatic carbocycles. The molecule has 1 heterocycles. The molecule has 5 atom stereocenters. The lowest BCUT2D eigenvalue weighted by atomic mass is 9.57. The van der Waals surface area contributed by atoms with Crippen LogP contribution in [0.5, 0.6) is 5.75 Å². The summed E-state index contributed by atoms with van der Waals surface area (Å²) in [5.74, 6) is -6.65. The molecule has 1 amide bonds. The van der Waals surface area contributed by atoms with Crippen LogP contribution in [-0.2, 0) is 33.9 Å². The summed E-state index contributed by atoms with van der Waals surface area (Å²) < 4.78 is 0. The first kappa shape index (κ1) is 26.7. The number of amides is 1. The van der Waals surface area contributed by atoms with Crippen molar-refractivity contribution >= 4 is 34.8 Å². The number of aliphatic hydroxyl groups is 3. The van der Waals surface area contributed by atoms with Gasteiger partial charge >= 0.3 is 0 Å². The Morgan fingerprint density at radius 1 is 1.18 bits per heavy atom. The quantitative estimate of drug-likeness (QED) is 0.354. The van der Waals surface area contributed by atoms with Crippen LogP contribution in [0.1, 0.15) is 48.9 Å². The number of phenolic OH excluding ortho intramolecular Hbond substituents is 1. The van der Waals surface area contributed by atoms with Gasteiger partial charge in [0, 0.05) is 41.2 Å². The molecule has 0 spiro atoms. The van der Waals surface area contributed by atoms with Crippen LogP contribution in [0.15, 0.2) is 16.9 Å². The standard InChI is InChI=1S/C27H32ClN3O7/c1-5-10(2)31-8-13-14(9-31)21(32)17-12(19(13)28)6-11-7-15-20(30(3)4)23(34)18(26(29)37)25(36)27(15,38)24(35)16(11)22(17)33/h10-11,15,20,32-33,36,38H,5-9H2,1-4H3,(H2,29,37)/t10-,11-,15-,20-,27-/m0/s1. The number of aliphatic hydroxyl groups excluding tert-OH is 2. The molecule has 5 rings (SSSR count). The van der Waals surface area contributed by atoms with Crippen LogP contribution in [0.4, 0.5) is 0 Å². The number of phenols is 1. The molecule has 0 radical (unpaired) electrons. The molecule has 0 aromatic heterocycles. The molecular formula is C27H32ClN3O7. The zero-order valence-electron chi connectivity index (χ0n) is 21.7. The van der Waals surface area contributed by atoms with Crippen molar-refractivity contribution in [1.82, 2.24) is 9.80 Å². The summed E-state index contributed by atoms with van der Waals surface area (Å²) in [6, 6.07) is -0.890. The van der Waals surface area contributed by atoms with Crippen molar-refractivity contribution in [3.63, 3.8) is 0 Å². The van der Waals surface area contributed by atoms with Crippen LogP contribution in [0, 0.1) is 11.8 Å². The summed E-state index contributed by atoms with van der Waals surface area (Å²) in [6.07, 6.45) is 1.10. The van der Waals surface area contributed by atoms with Gasteiger partial charge < -0.3 is 26.2 Å². The Labute approximate surface area is 225 Å². The topological polar surface area (TPSA) is 165 Å². The second kappa shape index (κ2) is 8.81. The number of carbonyl (C=O) groups excluding carboxylic acids is 3. The maximum absolute atomic E-state index is 13.9. The number of nitrogens with two attached hydrogens (primary N) is 1. The molecule has 0 unspecified atom stereocenters. The number of hydrogen-bond acceptors (Lipinski definition) is 9. The molecule has 1 aromatic carbocycles. The molecule has 11 heteroatoms. The number of halogens is 1. The Morgan fingerprint density at radius 3 is 2.39 bits per heavy atom. The average molecular weight is 546 g/mol. The van der Waals surface area contributed by atoms with E-state index in [4.69, 9.17) is 17.3 Å². The summed E-state index contributed by atoms with van der Waals surface area (Å²) in [6.45, 7) is 5.11. The molecule has 10 nitrogen and oxygen atoms in total. The third-order valence-corrected chi connectivity index (χ3v) is 9.42. The second-order valence-corrected chi connectivity index (χ2v) is 11.5. The summed E-state index contributed by atoms with van der Waals surface area (Å²) in [4.78, 5) is 42.8. The minimum atomic E-state index is -2.66. The lowest BCUT2D eigenvalue weighted by Crippen LogP contribution is -2.65. The minimum absolute atomic E-state index is 0.0267. The molecule has 1 saturated carbocycles. The molecule has 0 bridgehead atoms. The van der Waals surface area contributed by atoms with Gasteiger partial charge in [-0.15, -0.1) is 0 Å². The van der Waals surface area contributed by atoms with Gasteiger partial charge in [-0.3, -0.25) is 24.2 Å². The number of benzene rings is 1. The first-order valence-corrected chi connectivity index (χ1v) is 13.1. The SMILES string of the molecule is CC[C@H](C)N1Cc2c(O)c3c(c(Cl)c2C1)C[C@H]1C[C@H]2[C@H](N(C)C)C(=O)C(C(N)=O)=C(O)[C@@]2(O)C(=O)C1=C3O. The van der Waals surface area contributed by atoms with Gasteiger partial charge in [-0.25, -0.2) is 0 Å². The number of primary amides is 1. The number of fused-ring (bicyclic) bond motifs is 4. The van der Waals surface area contributed by atoms with Crippen LogP contribution in [0.3, 0.4) is 0 Å². The zero-order chi connectivity index (χ0) is 28.0. The third-order valence-electron chi connectivity index (χ3n) is 8.97. The van der Waals surface area contributed by atoms with Gasteiger partial charge in [0.1, 0.15) is 22.8 Å². The number of nitrogens with zero attached hydrogens (tertiary/aromatic N) is 2. The van der Waals surface area contributed by atoms with Gasteiger partial charge in [-0.2, -0.15) is 0 Å². The molecule has 204 valence electrons. The Bertz CT molecular complexity index is 1370. The number of Topliss-reactive ketones (excluding diaryl/α,β-unsaturated/α-hetero) is 2. The van der Waals surface area contributed by atoms with Crippen molar-refractivity contribution in [2.75, 3.05) is 14.1 Å². The maximum atomic E-state index is 13.9. The first-order valence-electron chi connectivity index (χ1n) is 12.7. The predicted octanol–water partition coefficient (Wildman–Crippen LogP) is 1.73. The van der Waals surface area contributed by atoms with E-state index in [9.17, 15) is 34.8 Å². The molecule has 6 N–H and O–H groups in total. The predicted molar refractivity (Wildman–Crippen MR) is 138 cm³/mol. The van der Waals surface area contributed by atoms with Crippen LogP contribution >= 0.6 is 11.6 Å². The maximum Gasteiger partial charge on any atom is 0.255 e. The summed E-state index contributed by atoms with van der Waals surface area (Å²) in [5.41, 5.74) is 3.58. The normalized spacial score (nSPS) is 29.8. The van der Waals surface area contributed by atoms with E-state index < -0.39 is 58.0 Å². The van der Waals surface area contributed by atoms with Crippen LogP contribution in [0.2, 0.25) is 5.02 Å². The minimum Gasteiger partial charge on any atom is -0.508 e. The molecule has 1 fully saturated rings. The van der Waals surface area contributed by atoms with E-state index in [1.807, 2.05) is 0 Å². The average Bonchev–Trinajstić information content (AvgIpc) is 3.30. The van der Waals surface area contributed by atoms with Crippen molar-refractivity contribution in [2.24, 2.45) is 17.6 Å². The number of hydrogen-bond donors (Lipinski definition) is 5. The molecule has 1 aliphatic heterocycles. The number of carbonyl (C=O) groups is 3. The highest BCUT2D eigenvalue weighted by Gasteiger charge is 2.64. The smallest absolute Gasteiger partial charge is 0.255 e. The molecular weight excluding hydrogens is 514 g/mol. The highest BCUT2D eigenvalue weighted by molar-refractivity contribution is 6.33. The largest absolute Gasteiger partial charge is 0.508 e. The molecule has 1 aromatic rings. The molecule has 4 aliphatic rings. The van der Waals surface area contributed by atoms with E-state index in [2.05, 4.69) is 18.7 Å². The van der Waals surface area contributed by atoms with E-state index >= 15 is 0 Å². The van der Waals surface area contributed by atoms with E-state index in [1.54, 1.807) is 14.1 Å². The van der Waals surface area contributed by atoms with Crippen molar-refractivity contribution in [3.05, 3.63) is 44.2 Å². The van der Waals surface area contributed by atoms with Crippen molar-refractivity contribution in [1.29, 1.82) is 0 Å². The van der Waals surface area contributed by atoms with Crippen LogP contribution < -0.4 is 5.73 Å². The number of likely N-dealkylation sites (N-methyl/N-ethyl adjacent to an activating group) is 1. The van der Waals surface area contributed by atoms with Crippen LogP contribution in [-0.4, -0.2) is 79.5 Å². The Hall–Kier alpha value is -2.92. The monoisotopic (exact) mass is 545 g/mol. The van der Waals surface area contributed by atoms with Gasteiger partial charge in [-0.05, 0) is 57.3 Å². The van der Waals surface area contributed by atoms with Crippen molar-refractivity contribution < 1.29 is 34.8 Å². The van der Waals surface area contributed by atoms with E-state index in [0.717, 1.165) is 12.0 Å². The molecule has 38 heavy (non-hydrogen) atoms. The van der Waals surface area contributed by atoms with E-state index in [0.29, 0.717) is 29.2 Å². The highest BCUT2D eigenvalue weighted by atomic mass is 35.5. The number of rotatable bonds is 4.